The van der Waals surface area contributed by atoms with Crippen LogP contribution in [0.25, 0.3) is 11.0 Å². The van der Waals surface area contributed by atoms with Gasteiger partial charge in [-0.2, -0.15) is 13.2 Å². The number of benzene rings is 3. The number of rotatable bonds is 4. The molecule has 39 heavy (non-hydrogen) atoms. The lowest BCUT2D eigenvalue weighted by Crippen LogP contribution is -2.22. The fourth-order valence-corrected chi connectivity index (χ4v) is 5.09. The second-order valence-corrected chi connectivity index (χ2v) is 9.33. The van der Waals surface area contributed by atoms with Crippen LogP contribution in [0.15, 0.2) is 47.3 Å². The van der Waals surface area contributed by atoms with Crippen LogP contribution in [0.4, 0.5) is 27.6 Å². The fraction of sp³-hybridized carbons (Fsp3) is 0.192. The molecule has 0 aliphatic carbocycles. The van der Waals surface area contributed by atoms with Crippen LogP contribution < -0.4 is 16.3 Å². The van der Waals surface area contributed by atoms with Crippen molar-refractivity contribution in [3.8, 4) is 0 Å². The number of hydrogen-bond acceptors (Lipinski definition) is 3. The monoisotopic (exact) mass is 564 g/mol. The van der Waals surface area contributed by atoms with Gasteiger partial charge in [0.2, 0.25) is 0 Å². The number of hydrogen-bond donors (Lipinski definition) is 2. The number of alkyl halides is 3. The minimum absolute atomic E-state index is 0.00449. The van der Waals surface area contributed by atoms with Crippen molar-refractivity contribution in [2.45, 2.75) is 25.7 Å². The molecular formula is C26H18ClF5N4O3. The highest BCUT2D eigenvalue weighted by Crippen LogP contribution is 2.43. The molecule has 1 unspecified atom stereocenters. The molecule has 0 saturated carbocycles. The van der Waals surface area contributed by atoms with E-state index < -0.39 is 52.5 Å². The highest BCUT2D eigenvalue weighted by atomic mass is 35.5. The Morgan fingerprint density at radius 1 is 1.08 bits per heavy atom. The molecule has 2 amide bonds. The Labute approximate surface area is 221 Å². The SMILES string of the molecule is CCn1c(=O)n(C)c2c3c(c(NC(=O)c4cc(F)cc(C(F)(F)F)c4)cc21)C(c1cc(F)ccc1Cl)NC3=O. The van der Waals surface area contributed by atoms with Gasteiger partial charge in [0.1, 0.15) is 11.6 Å². The third kappa shape index (κ3) is 4.34. The molecule has 3 aromatic carbocycles. The maximum atomic E-state index is 14.2. The molecule has 5 rings (SSSR count). The second kappa shape index (κ2) is 9.23. The van der Waals surface area contributed by atoms with Crippen molar-refractivity contribution in [2.75, 3.05) is 5.32 Å². The Hall–Kier alpha value is -4.19. The first-order valence-electron chi connectivity index (χ1n) is 11.5. The van der Waals surface area contributed by atoms with Gasteiger partial charge in [-0.05, 0) is 49.4 Å². The van der Waals surface area contributed by atoms with E-state index in [1.54, 1.807) is 6.92 Å². The second-order valence-electron chi connectivity index (χ2n) is 8.92. The minimum atomic E-state index is -4.91. The van der Waals surface area contributed by atoms with Gasteiger partial charge >= 0.3 is 11.9 Å². The first-order valence-corrected chi connectivity index (χ1v) is 11.9. The van der Waals surface area contributed by atoms with E-state index in [1.807, 2.05) is 0 Å². The summed E-state index contributed by atoms with van der Waals surface area (Å²) in [7, 11) is 1.45. The van der Waals surface area contributed by atoms with Gasteiger partial charge in [0.05, 0.1) is 28.2 Å². The number of amides is 2. The van der Waals surface area contributed by atoms with Gasteiger partial charge in [0, 0.05) is 41.0 Å². The Bertz CT molecular complexity index is 1760. The van der Waals surface area contributed by atoms with E-state index in [-0.39, 0.29) is 51.0 Å². The summed E-state index contributed by atoms with van der Waals surface area (Å²) in [5, 5.41) is 5.24. The molecule has 0 spiro atoms. The van der Waals surface area contributed by atoms with Gasteiger partial charge in [-0.15, -0.1) is 0 Å². The molecule has 1 atom stereocenters. The Morgan fingerprint density at radius 3 is 2.46 bits per heavy atom. The van der Waals surface area contributed by atoms with Crippen LogP contribution in [0.2, 0.25) is 5.02 Å². The van der Waals surface area contributed by atoms with Crippen LogP contribution in [-0.2, 0) is 19.8 Å². The topological polar surface area (TPSA) is 85.1 Å². The van der Waals surface area contributed by atoms with Crippen molar-refractivity contribution >= 4 is 40.1 Å². The number of nitrogens with zero attached hydrogens (tertiary/aromatic N) is 2. The average molecular weight is 565 g/mol. The molecule has 4 aromatic rings. The van der Waals surface area contributed by atoms with Gasteiger partial charge in [0.25, 0.3) is 11.8 Å². The maximum absolute atomic E-state index is 14.2. The quantitative estimate of drug-likeness (QED) is 0.326. The first kappa shape index (κ1) is 26.4. The average Bonchev–Trinajstić information content (AvgIpc) is 3.33. The lowest BCUT2D eigenvalue weighted by Gasteiger charge is -2.19. The van der Waals surface area contributed by atoms with E-state index in [2.05, 4.69) is 10.6 Å². The predicted molar refractivity (Wildman–Crippen MR) is 133 cm³/mol. The van der Waals surface area contributed by atoms with Gasteiger partial charge in [0.15, 0.2) is 0 Å². The molecule has 0 radical (unpaired) electrons. The van der Waals surface area contributed by atoms with Crippen molar-refractivity contribution in [3.05, 3.63) is 97.4 Å². The summed E-state index contributed by atoms with van der Waals surface area (Å²) in [4.78, 5) is 39.3. The Morgan fingerprint density at radius 2 is 1.79 bits per heavy atom. The third-order valence-electron chi connectivity index (χ3n) is 6.58. The van der Waals surface area contributed by atoms with Crippen molar-refractivity contribution in [1.82, 2.24) is 14.5 Å². The molecule has 202 valence electrons. The van der Waals surface area contributed by atoms with E-state index in [1.165, 1.54) is 28.3 Å². The number of fused-ring (bicyclic) bond motifs is 3. The zero-order valence-corrected chi connectivity index (χ0v) is 21.0. The Balaban J connectivity index is 1.75. The summed E-state index contributed by atoms with van der Waals surface area (Å²) in [6.07, 6.45) is -4.91. The van der Waals surface area contributed by atoms with E-state index in [0.717, 1.165) is 12.1 Å². The number of carbonyl (C=O) groups is 2. The number of aryl methyl sites for hydroxylation is 2. The molecule has 13 heteroatoms. The number of nitrogens with one attached hydrogen (secondary N) is 2. The van der Waals surface area contributed by atoms with E-state index in [0.29, 0.717) is 12.1 Å². The van der Waals surface area contributed by atoms with Crippen molar-refractivity contribution in [2.24, 2.45) is 7.05 Å². The first-order chi connectivity index (χ1) is 18.3. The van der Waals surface area contributed by atoms with Crippen molar-refractivity contribution < 1.29 is 31.5 Å². The molecule has 0 fully saturated rings. The van der Waals surface area contributed by atoms with Crippen molar-refractivity contribution in [3.63, 3.8) is 0 Å². The van der Waals surface area contributed by atoms with Gasteiger partial charge in [-0.25, -0.2) is 13.6 Å². The summed E-state index contributed by atoms with van der Waals surface area (Å²) in [5.41, 5.74) is -1.77. The van der Waals surface area contributed by atoms with Crippen LogP contribution in [0.1, 0.15) is 50.4 Å². The summed E-state index contributed by atoms with van der Waals surface area (Å²) >= 11 is 6.31. The summed E-state index contributed by atoms with van der Waals surface area (Å²) < 4.78 is 70.5. The standard InChI is InChI=1S/C26H18ClF5N4O3/c1-3-36-18-10-17(33-23(37)11-6-12(26(30,31)32)8-14(29)7-11)19-20(22(18)35(2)25(36)39)24(38)34-21(19)15-9-13(28)4-5-16(15)27/h4-10,21H,3H2,1-2H3,(H,33,37)(H,34,38). The molecule has 1 aliphatic rings. The van der Waals surface area contributed by atoms with E-state index in [4.69, 9.17) is 11.6 Å². The zero-order valence-electron chi connectivity index (χ0n) is 20.2. The number of imidazole rings is 1. The van der Waals surface area contributed by atoms with Gasteiger partial charge < -0.3 is 10.6 Å². The number of halogens is 6. The lowest BCUT2D eigenvalue weighted by molar-refractivity contribution is -0.137. The molecule has 0 saturated heterocycles. The third-order valence-corrected chi connectivity index (χ3v) is 6.92. The summed E-state index contributed by atoms with van der Waals surface area (Å²) in [6, 6.07) is 5.18. The largest absolute Gasteiger partial charge is 0.416 e. The Kier molecular flexibility index (Phi) is 6.25. The molecule has 0 bridgehead atoms. The van der Waals surface area contributed by atoms with Crippen LogP contribution in [0.5, 0.6) is 0 Å². The zero-order chi connectivity index (χ0) is 28.4. The number of anilines is 1. The molecule has 2 N–H and O–H groups in total. The van der Waals surface area contributed by atoms with Crippen LogP contribution >= 0.6 is 11.6 Å². The lowest BCUT2D eigenvalue weighted by atomic mass is 9.95. The molecule has 1 aromatic heterocycles. The highest BCUT2D eigenvalue weighted by Gasteiger charge is 2.38. The summed E-state index contributed by atoms with van der Waals surface area (Å²) in [6.45, 7) is 1.88. The molecule has 1 aliphatic heterocycles. The number of aromatic nitrogens is 2. The van der Waals surface area contributed by atoms with Crippen LogP contribution in [0.3, 0.4) is 0 Å². The van der Waals surface area contributed by atoms with Gasteiger partial charge in [-0.3, -0.25) is 18.7 Å². The van der Waals surface area contributed by atoms with E-state index >= 15 is 0 Å². The molecule has 7 nitrogen and oxygen atoms in total. The van der Waals surface area contributed by atoms with Crippen LogP contribution in [-0.4, -0.2) is 20.9 Å². The minimum Gasteiger partial charge on any atom is -0.341 e. The van der Waals surface area contributed by atoms with E-state index in [9.17, 15) is 36.3 Å². The fourth-order valence-electron chi connectivity index (χ4n) is 4.86. The van der Waals surface area contributed by atoms with Gasteiger partial charge in [-0.1, -0.05) is 11.6 Å². The predicted octanol–water partition coefficient (Wildman–Crippen LogP) is 5.40. The molecule has 2 heterocycles. The van der Waals surface area contributed by atoms with Crippen LogP contribution in [0, 0.1) is 11.6 Å². The van der Waals surface area contributed by atoms with Crippen molar-refractivity contribution in [1.29, 1.82) is 0 Å². The highest BCUT2D eigenvalue weighted by molar-refractivity contribution is 6.31. The number of carbonyl (C=O) groups excluding carboxylic acids is 2. The summed E-state index contributed by atoms with van der Waals surface area (Å²) in [5.74, 6) is -3.69. The smallest absolute Gasteiger partial charge is 0.341 e. The molecular weight excluding hydrogens is 547 g/mol. The maximum Gasteiger partial charge on any atom is 0.416 e. The normalized spacial score (nSPS) is 15.0.